The minimum atomic E-state index is -0.0562. The van der Waals surface area contributed by atoms with Crippen molar-refractivity contribution in [3.63, 3.8) is 0 Å². The summed E-state index contributed by atoms with van der Waals surface area (Å²) in [4.78, 5) is 27.9. The fourth-order valence-electron chi connectivity index (χ4n) is 3.53. The molecule has 0 saturated heterocycles. The molecule has 0 radical (unpaired) electrons. The molecule has 0 unspecified atom stereocenters. The van der Waals surface area contributed by atoms with Crippen molar-refractivity contribution in [2.24, 2.45) is 10.7 Å². The number of nitrogens with zero attached hydrogens (tertiary/aromatic N) is 1. The monoisotopic (exact) mass is 489 g/mol. The van der Waals surface area contributed by atoms with Crippen LogP contribution < -0.4 is 11.1 Å². The van der Waals surface area contributed by atoms with Crippen molar-refractivity contribution < 1.29 is 9.59 Å². The summed E-state index contributed by atoms with van der Waals surface area (Å²) >= 11 is 0. The van der Waals surface area contributed by atoms with Crippen molar-refractivity contribution in [3.05, 3.63) is 95.1 Å². The van der Waals surface area contributed by atoms with E-state index in [9.17, 15) is 9.59 Å². The van der Waals surface area contributed by atoms with Gasteiger partial charge < -0.3 is 11.1 Å². The Morgan fingerprint density at radius 3 is 2.19 bits per heavy atom. The molecule has 1 amide bonds. The smallest absolute Gasteiger partial charge is 0.221 e. The van der Waals surface area contributed by atoms with Crippen LogP contribution in [0.25, 0.3) is 0 Å². The fourth-order valence-corrected chi connectivity index (χ4v) is 3.53. The first kappa shape index (κ1) is 30.7. The van der Waals surface area contributed by atoms with E-state index in [1.54, 1.807) is 19.2 Å². The first-order chi connectivity index (χ1) is 17.4. The SMILES string of the molecule is CC/C=C(\C)CCC.CN=C(/C=C\C(=O)CCc1ccccc1)c1ccc(CNC(=O)CCN)cc1. The molecule has 0 saturated carbocycles. The third-order valence-corrected chi connectivity index (χ3v) is 5.48. The first-order valence-corrected chi connectivity index (χ1v) is 12.9. The molecule has 2 rings (SSSR count). The Labute approximate surface area is 217 Å². The third kappa shape index (κ3) is 13.5. The van der Waals surface area contributed by atoms with Crippen LogP contribution in [-0.4, -0.2) is 31.0 Å². The van der Waals surface area contributed by atoms with Crippen LogP contribution in [0.5, 0.6) is 0 Å². The largest absolute Gasteiger partial charge is 0.352 e. The van der Waals surface area contributed by atoms with Crippen LogP contribution in [0.4, 0.5) is 0 Å². The van der Waals surface area contributed by atoms with Crippen LogP contribution >= 0.6 is 0 Å². The van der Waals surface area contributed by atoms with Gasteiger partial charge in [-0.25, -0.2) is 0 Å². The molecule has 36 heavy (non-hydrogen) atoms. The van der Waals surface area contributed by atoms with Crippen LogP contribution in [0, 0.1) is 0 Å². The highest BCUT2D eigenvalue weighted by atomic mass is 16.1. The second kappa shape index (κ2) is 18.9. The lowest BCUT2D eigenvalue weighted by Gasteiger charge is -2.06. The molecule has 194 valence electrons. The summed E-state index contributed by atoms with van der Waals surface area (Å²) in [6, 6.07) is 17.7. The predicted octanol–water partition coefficient (Wildman–Crippen LogP) is 5.97. The lowest BCUT2D eigenvalue weighted by Crippen LogP contribution is -2.24. The highest BCUT2D eigenvalue weighted by Gasteiger charge is 2.04. The number of benzene rings is 2. The predicted molar refractivity (Wildman–Crippen MR) is 152 cm³/mol. The molecule has 0 aromatic heterocycles. The van der Waals surface area contributed by atoms with Gasteiger partial charge in [-0.2, -0.15) is 0 Å². The van der Waals surface area contributed by atoms with E-state index in [2.05, 4.69) is 37.2 Å². The van der Waals surface area contributed by atoms with Gasteiger partial charge in [0.2, 0.25) is 5.91 Å². The molecule has 0 aliphatic rings. The summed E-state index contributed by atoms with van der Waals surface area (Å²) in [6.45, 7) is 7.40. The summed E-state index contributed by atoms with van der Waals surface area (Å²) < 4.78 is 0. The number of allylic oxidation sites excluding steroid dienone is 4. The van der Waals surface area contributed by atoms with Gasteiger partial charge in [-0.3, -0.25) is 14.6 Å². The van der Waals surface area contributed by atoms with E-state index >= 15 is 0 Å². The number of aliphatic imine (C=N–C) groups is 1. The maximum absolute atomic E-state index is 12.1. The zero-order valence-corrected chi connectivity index (χ0v) is 22.4. The van der Waals surface area contributed by atoms with Crippen molar-refractivity contribution in [1.82, 2.24) is 5.32 Å². The summed E-state index contributed by atoms with van der Waals surface area (Å²) in [7, 11) is 1.70. The molecule has 5 heteroatoms. The Kier molecular flexibility index (Phi) is 16.2. The number of amides is 1. The number of nitrogens with one attached hydrogen (secondary N) is 1. The lowest BCUT2D eigenvalue weighted by molar-refractivity contribution is -0.121. The molecule has 3 N–H and O–H groups in total. The van der Waals surface area contributed by atoms with Crippen molar-refractivity contribution in [2.75, 3.05) is 13.6 Å². The van der Waals surface area contributed by atoms with Crippen LogP contribution in [0.3, 0.4) is 0 Å². The van der Waals surface area contributed by atoms with Crippen molar-refractivity contribution in [1.29, 1.82) is 0 Å². The topological polar surface area (TPSA) is 84.5 Å². The van der Waals surface area contributed by atoms with Gasteiger partial charge >= 0.3 is 0 Å². The average molecular weight is 490 g/mol. The van der Waals surface area contributed by atoms with E-state index in [1.165, 1.54) is 24.8 Å². The Bertz CT molecular complexity index is 990. The molecule has 0 aliphatic heterocycles. The quantitative estimate of drug-likeness (QED) is 0.206. The zero-order valence-electron chi connectivity index (χ0n) is 22.4. The molecular formula is C31H43N3O2. The van der Waals surface area contributed by atoms with Crippen LogP contribution in [0.1, 0.15) is 69.6 Å². The minimum Gasteiger partial charge on any atom is -0.352 e. The minimum absolute atomic E-state index is 0.0562. The number of aryl methyl sites for hydroxylation is 1. The summed E-state index contributed by atoms with van der Waals surface area (Å²) in [5, 5.41) is 2.82. The second-order valence-corrected chi connectivity index (χ2v) is 8.62. The van der Waals surface area contributed by atoms with E-state index in [-0.39, 0.29) is 11.7 Å². The van der Waals surface area contributed by atoms with E-state index in [0.717, 1.165) is 28.8 Å². The molecule has 2 aromatic rings. The van der Waals surface area contributed by atoms with Gasteiger partial charge in [-0.15, -0.1) is 0 Å². The maximum Gasteiger partial charge on any atom is 0.221 e. The van der Waals surface area contributed by atoms with Gasteiger partial charge in [-0.1, -0.05) is 86.5 Å². The van der Waals surface area contributed by atoms with Gasteiger partial charge in [0.15, 0.2) is 5.78 Å². The fraction of sp³-hybridized carbons (Fsp3) is 0.387. The first-order valence-electron chi connectivity index (χ1n) is 12.9. The van der Waals surface area contributed by atoms with Crippen molar-refractivity contribution >= 4 is 17.4 Å². The van der Waals surface area contributed by atoms with Crippen LogP contribution in [0.15, 0.2) is 83.4 Å². The summed E-state index contributed by atoms with van der Waals surface area (Å²) in [6.07, 6.45) is 10.9. The van der Waals surface area contributed by atoms with Gasteiger partial charge in [-0.05, 0) is 55.0 Å². The standard InChI is InChI=1S/C23H27N3O2.C8H16/c1-25-22(14-13-21(27)12-9-18-5-3-2-4-6-18)20-10-7-19(8-11-20)17-26-23(28)15-16-24;1-4-6-8(3)7-5-2/h2-8,10-11,13-14H,9,12,15-17,24H2,1H3,(H,26,28);6H,4-5,7H2,1-3H3/b14-13-,25-22?;8-6+. The zero-order chi connectivity index (χ0) is 26.6. The van der Waals surface area contributed by atoms with Gasteiger partial charge in [0, 0.05) is 33.0 Å². The number of carbonyl (C=O) groups excluding carboxylic acids is 2. The van der Waals surface area contributed by atoms with Crippen LogP contribution in [-0.2, 0) is 22.6 Å². The lowest BCUT2D eigenvalue weighted by atomic mass is 10.0. The van der Waals surface area contributed by atoms with E-state index in [4.69, 9.17) is 5.73 Å². The van der Waals surface area contributed by atoms with Crippen molar-refractivity contribution in [3.8, 4) is 0 Å². The molecule has 2 aromatic carbocycles. The van der Waals surface area contributed by atoms with E-state index in [0.29, 0.717) is 25.9 Å². The highest BCUT2D eigenvalue weighted by molar-refractivity contribution is 6.11. The molecule has 0 spiro atoms. The van der Waals surface area contributed by atoms with E-state index < -0.39 is 0 Å². The Morgan fingerprint density at radius 2 is 1.61 bits per heavy atom. The summed E-state index contributed by atoms with van der Waals surface area (Å²) in [5.41, 5.74) is 10.7. The molecular weight excluding hydrogens is 446 g/mol. The highest BCUT2D eigenvalue weighted by Crippen LogP contribution is 2.08. The number of carbonyl (C=O) groups is 2. The number of rotatable bonds is 13. The summed E-state index contributed by atoms with van der Waals surface area (Å²) in [5.74, 6) is 0.0172. The molecule has 0 heterocycles. The van der Waals surface area contributed by atoms with E-state index in [1.807, 2.05) is 54.6 Å². The van der Waals surface area contributed by atoms with Gasteiger partial charge in [0.25, 0.3) is 0 Å². The number of hydrogen-bond acceptors (Lipinski definition) is 4. The molecule has 0 aliphatic carbocycles. The maximum atomic E-state index is 12.1. The second-order valence-electron chi connectivity index (χ2n) is 8.62. The Hall–Kier alpha value is -3.31. The molecule has 0 atom stereocenters. The van der Waals surface area contributed by atoms with Gasteiger partial charge in [0.1, 0.15) is 0 Å². The number of ketones is 1. The van der Waals surface area contributed by atoms with Crippen LogP contribution in [0.2, 0.25) is 0 Å². The molecule has 0 fully saturated rings. The number of nitrogens with two attached hydrogens (primary N) is 1. The Balaban J connectivity index is 0.000000697. The molecule has 0 bridgehead atoms. The number of hydrogen-bond donors (Lipinski definition) is 2. The van der Waals surface area contributed by atoms with Crippen molar-refractivity contribution in [2.45, 2.75) is 65.8 Å². The third-order valence-electron chi connectivity index (χ3n) is 5.48. The van der Waals surface area contributed by atoms with Gasteiger partial charge in [0.05, 0.1) is 5.71 Å². The Morgan fingerprint density at radius 1 is 0.917 bits per heavy atom. The normalized spacial score (nSPS) is 11.7. The molecule has 5 nitrogen and oxygen atoms in total. The average Bonchev–Trinajstić information content (AvgIpc) is 2.89.